The number of alkyl halides is 3. The Bertz CT molecular complexity index is 966. The lowest BCUT2D eigenvalue weighted by Gasteiger charge is -2.09. The minimum Gasteiger partial charge on any atom is -0.318 e. The molecule has 0 fully saturated rings. The van der Waals surface area contributed by atoms with Crippen molar-refractivity contribution in [2.75, 3.05) is 10.6 Å². The zero-order valence-corrected chi connectivity index (χ0v) is 13.3. The van der Waals surface area contributed by atoms with Crippen LogP contribution in [0.5, 0.6) is 0 Å². The number of nitrogens with one attached hydrogen (secondary N) is 2. The summed E-state index contributed by atoms with van der Waals surface area (Å²) in [6.07, 6.45) is -4.46. The Morgan fingerprint density at radius 3 is 1.85 bits per heavy atom. The third kappa shape index (κ3) is 4.00. The summed E-state index contributed by atoms with van der Waals surface area (Å²) in [6.45, 7) is 0. The summed E-state index contributed by atoms with van der Waals surface area (Å²) in [4.78, 5) is 23.9. The topological polar surface area (TPSA) is 58.2 Å². The van der Waals surface area contributed by atoms with Gasteiger partial charge >= 0.3 is 18.0 Å². The van der Waals surface area contributed by atoms with E-state index in [0.717, 1.165) is 35.0 Å². The highest BCUT2D eigenvalue weighted by molar-refractivity contribution is 6.43. The largest absolute Gasteiger partial charge is 0.416 e. The first-order valence-corrected chi connectivity index (χ1v) is 7.61. The number of rotatable bonds is 2. The van der Waals surface area contributed by atoms with E-state index in [1.165, 1.54) is 0 Å². The van der Waals surface area contributed by atoms with Gasteiger partial charge in [-0.2, -0.15) is 13.2 Å². The summed E-state index contributed by atoms with van der Waals surface area (Å²) in [7, 11) is 0. The van der Waals surface area contributed by atoms with Gasteiger partial charge in [-0.05, 0) is 47.2 Å². The number of anilines is 2. The van der Waals surface area contributed by atoms with Gasteiger partial charge in [-0.3, -0.25) is 9.59 Å². The summed E-state index contributed by atoms with van der Waals surface area (Å²) in [5.74, 6) is -1.89. The Kier molecular flexibility index (Phi) is 4.62. The van der Waals surface area contributed by atoms with Gasteiger partial charge in [-0.1, -0.05) is 30.3 Å². The lowest BCUT2D eigenvalue weighted by molar-refractivity contribution is -0.137. The number of hydrogen-bond donors (Lipinski definition) is 2. The van der Waals surface area contributed by atoms with E-state index in [1.54, 1.807) is 18.2 Å². The number of hydrogen-bond acceptors (Lipinski definition) is 2. The first kappa shape index (κ1) is 17.5. The second-order valence-corrected chi connectivity index (χ2v) is 5.55. The molecular formula is C19H13F3N2O2. The van der Waals surface area contributed by atoms with Crippen molar-refractivity contribution in [3.63, 3.8) is 0 Å². The molecule has 4 nitrogen and oxygen atoms in total. The summed E-state index contributed by atoms with van der Waals surface area (Å²) in [5, 5.41) is 6.60. The van der Waals surface area contributed by atoms with Crippen LogP contribution in [0.15, 0.2) is 66.7 Å². The standard InChI is InChI=1S/C19H13F3N2O2/c20-19(21,22)14-6-9-15(10-7-14)23-17(25)18(26)24-16-8-5-12-3-1-2-4-13(12)11-16/h1-11H,(H,23,25)(H,24,26). The van der Waals surface area contributed by atoms with Gasteiger partial charge in [0.05, 0.1) is 5.56 Å². The molecule has 0 heterocycles. The highest BCUT2D eigenvalue weighted by Crippen LogP contribution is 2.29. The van der Waals surface area contributed by atoms with Gasteiger partial charge in [-0.15, -0.1) is 0 Å². The molecule has 0 bridgehead atoms. The normalized spacial score (nSPS) is 11.2. The number of amides is 2. The van der Waals surface area contributed by atoms with Crippen LogP contribution in [-0.2, 0) is 15.8 Å². The first-order valence-electron chi connectivity index (χ1n) is 7.61. The Labute approximate surface area is 146 Å². The van der Waals surface area contributed by atoms with E-state index in [9.17, 15) is 22.8 Å². The summed E-state index contributed by atoms with van der Waals surface area (Å²) >= 11 is 0. The lowest BCUT2D eigenvalue weighted by Crippen LogP contribution is -2.29. The molecule has 0 spiro atoms. The van der Waals surface area contributed by atoms with Crippen LogP contribution >= 0.6 is 0 Å². The van der Waals surface area contributed by atoms with Crippen molar-refractivity contribution in [1.82, 2.24) is 0 Å². The summed E-state index contributed by atoms with van der Waals surface area (Å²) in [5.41, 5.74) is -0.302. The van der Waals surface area contributed by atoms with Crippen LogP contribution in [0.4, 0.5) is 24.5 Å². The van der Waals surface area contributed by atoms with E-state index in [2.05, 4.69) is 10.6 Å². The molecule has 0 radical (unpaired) electrons. The van der Waals surface area contributed by atoms with Crippen molar-refractivity contribution in [3.8, 4) is 0 Å². The van der Waals surface area contributed by atoms with Crippen molar-refractivity contribution in [3.05, 3.63) is 72.3 Å². The molecule has 0 saturated heterocycles. The summed E-state index contributed by atoms with van der Waals surface area (Å²) < 4.78 is 37.5. The molecule has 0 saturated carbocycles. The molecule has 3 rings (SSSR count). The van der Waals surface area contributed by atoms with Crippen molar-refractivity contribution in [1.29, 1.82) is 0 Å². The minimum atomic E-state index is -4.46. The average molecular weight is 358 g/mol. The quantitative estimate of drug-likeness (QED) is 0.666. The fourth-order valence-corrected chi connectivity index (χ4v) is 2.39. The van der Waals surface area contributed by atoms with Crippen LogP contribution in [0.2, 0.25) is 0 Å². The van der Waals surface area contributed by atoms with Gasteiger partial charge in [0, 0.05) is 11.4 Å². The molecule has 0 unspecified atom stereocenters. The van der Waals surface area contributed by atoms with E-state index >= 15 is 0 Å². The molecule has 2 N–H and O–H groups in total. The van der Waals surface area contributed by atoms with Gasteiger partial charge in [0.25, 0.3) is 0 Å². The SMILES string of the molecule is O=C(Nc1ccc(C(F)(F)F)cc1)C(=O)Nc1ccc2ccccc2c1. The Balaban J connectivity index is 1.66. The molecule has 2 amide bonds. The number of carbonyl (C=O) groups excluding carboxylic acids is 2. The van der Waals surface area contributed by atoms with Gasteiger partial charge in [0.15, 0.2) is 0 Å². The van der Waals surface area contributed by atoms with Gasteiger partial charge in [-0.25, -0.2) is 0 Å². The molecule has 0 aliphatic heterocycles. The zero-order valence-electron chi connectivity index (χ0n) is 13.3. The van der Waals surface area contributed by atoms with Crippen molar-refractivity contribution in [2.45, 2.75) is 6.18 Å². The predicted octanol–water partition coefficient (Wildman–Crippen LogP) is 4.44. The highest BCUT2D eigenvalue weighted by atomic mass is 19.4. The fraction of sp³-hybridized carbons (Fsp3) is 0.0526. The van der Waals surface area contributed by atoms with Crippen LogP contribution < -0.4 is 10.6 Å². The maximum absolute atomic E-state index is 12.5. The van der Waals surface area contributed by atoms with Gasteiger partial charge in [0.1, 0.15) is 0 Å². The number of benzene rings is 3. The minimum absolute atomic E-state index is 0.0941. The fourth-order valence-electron chi connectivity index (χ4n) is 2.39. The summed E-state index contributed by atoms with van der Waals surface area (Å²) in [6, 6.07) is 16.5. The van der Waals surface area contributed by atoms with Gasteiger partial charge < -0.3 is 10.6 Å². The maximum atomic E-state index is 12.5. The Morgan fingerprint density at radius 2 is 1.23 bits per heavy atom. The third-order valence-electron chi connectivity index (χ3n) is 3.68. The van der Waals surface area contributed by atoms with Crippen LogP contribution in [-0.4, -0.2) is 11.8 Å². The molecular weight excluding hydrogens is 345 g/mol. The van der Waals surface area contributed by atoms with E-state index in [1.807, 2.05) is 24.3 Å². The van der Waals surface area contributed by atoms with Crippen molar-refractivity contribution < 1.29 is 22.8 Å². The molecule has 0 aliphatic rings. The van der Waals surface area contributed by atoms with E-state index in [4.69, 9.17) is 0 Å². The van der Waals surface area contributed by atoms with E-state index in [-0.39, 0.29) is 5.69 Å². The van der Waals surface area contributed by atoms with Crippen LogP contribution in [0.3, 0.4) is 0 Å². The Morgan fingerprint density at radius 1 is 0.692 bits per heavy atom. The highest BCUT2D eigenvalue weighted by Gasteiger charge is 2.30. The monoisotopic (exact) mass is 358 g/mol. The third-order valence-corrected chi connectivity index (χ3v) is 3.68. The molecule has 26 heavy (non-hydrogen) atoms. The van der Waals surface area contributed by atoms with Crippen LogP contribution in [0.1, 0.15) is 5.56 Å². The first-order chi connectivity index (χ1) is 12.3. The molecule has 3 aromatic carbocycles. The predicted molar refractivity (Wildman–Crippen MR) is 92.7 cm³/mol. The van der Waals surface area contributed by atoms with Crippen molar-refractivity contribution >= 4 is 34.0 Å². The second-order valence-electron chi connectivity index (χ2n) is 5.55. The smallest absolute Gasteiger partial charge is 0.318 e. The molecule has 7 heteroatoms. The molecule has 132 valence electrons. The van der Waals surface area contributed by atoms with E-state index in [0.29, 0.717) is 5.69 Å². The number of fused-ring (bicyclic) bond motifs is 1. The van der Waals surface area contributed by atoms with E-state index < -0.39 is 23.6 Å². The number of carbonyl (C=O) groups is 2. The maximum Gasteiger partial charge on any atom is 0.416 e. The molecule has 0 atom stereocenters. The molecule has 0 aromatic heterocycles. The van der Waals surface area contributed by atoms with Crippen LogP contribution in [0, 0.1) is 0 Å². The Hall–Kier alpha value is -3.35. The van der Waals surface area contributed by atoms with Gasteiger partial charge in [0.2, 0.25) is 0 Å². The average Bonchev–Trinajstić information content (AvgIpc) is 2.61. The second kappa shape index (κ2) is 6.87. The molecule has 0 aliphatic carbocycles. The number of halogens is 3. The lowest BCUT2D eigenvalue weighted by atomic mass is 10.1. The molecule has 3 aromatic rings. The zero-order chi connectivity index (χ0) is 18.7. The van der Waals surface area contributed by atoms with Crippen molar-refractivity contribution in [2.24, 2.45) is 0 Å². The van der Waals surface area contributed by atoms with Crippen LogP contribution in [0.25, 0.3) is 10.8 Å².